The van der Waals surface area contributed by atoms with Gasteiger partial charge in [-0.25, -0.2) is 0 Å². The molecule has 1 aliphatic carbocycles. The van der Waals surface area contributed by atoms with Crippen LogP contribution >= 0.6 is 23.2 Å². The molecule has 3 atom stereocenters. The zero-order chi connectivity index (χ0) is 26.0. The van der Waals surface area contributed by atoms with Gasteiger partial charge >= 0.3 is 29.6 Å². The molecule has 38 heavy (non-hydrogen) atoms. The number of hydrogen-bond donors (Lipinski definition) is 1. The molecule has 2 aliphatic rings. The Bertz CT molecular complexity index is 1200. The average Bonchev–Trinajstić information content (AvgIpc) is 3.08. The minimum Gasteiger partial charge on any atom is -0.550 e. The van der Waals surface area contributed by atoms with Crippen molar-refractivity contribution in [2.24, 2.45) is 10.9 Å². The number of aliphatic carboxylic acids is 1. The predicted octanol–water partition coefficient (Wildman–Crippen LogP) is 1.80. The van der Waals surface area contributed by atoms with E-state index in [9.17, 15) is 19.5 Å². The number of carboxylic acid groups (broad SMARTS) is 1. The van der Waals surface area contributed by atoms with Crippen molar-refractivity contribution in [3.8, 4) is 0 Å². The summed E-state index contributed by atoms with van der Waals surface area (Å²) in [5, 5.41) is 14.0. The van der Waals surface area contributed by atoms with E-state index in [0.717, 1.165) is 31.2 Å². The molecular weight excluding hydrogens is 536 g/mol. The summed E-state index contributed by atoms with van der Waals surface area (Å²) in [5.41, 5.74) is 1.59. The summed E-state index contributed by atoms with van der Waals surface area (Å²) in [4.78, 5) is 43.7. The molecule has 2 unspecified atom stereocenters. The Balaban J connectivity index is 0.00000253. The molecule has 10 heteroatoms. The van der Waals surface area contributed by atoms with Gasteiger partial charge in [0.05, 0.1) is 6.04 Å². The Kier molecular flexibility index (Phi) is 11.4. The summed E-state index contributed by atoms with van der Waals surface area (Å²) >= 11 is 12.5. The zero-order valence-corrected chi connectivity index (χ0v) is 24.7. The summed E-state index contributed by atoms with van der Waals surface area (Å²) in [5.74, 6) is -1.34. The quantitative estimate of drug-likeness (QED) is 0.515. The normalized spacial score (nSPS) is 21.3. The van der Waals surface area contributed by atoms with E-state index in [4.69, 9.17) is 28.2 Å². The maximum absolute atomic E-state index is 13.9. The summed E-state index contributed by atoms with van der Waals surface area (Å²) in [6.45, 7) is 4.15. The van der Waals surface area contributed by atoms with Gasteiger partial charge in [0.2, 0.25) is 0 Å². The number of nitrogens with one attached hydrogen (secondary N) is 1. The van der Waals surface area contributed by atoms with Crippen LogP contribution in [0.2, 0.25) is 10.0 Å². The van der Waals surface area contributed by atoms with Crippen LogP contribution in [0.15, 0.2) is 47.5 Å². The molecule has 1 saturated carbocycles. The Morgan fingerprint density at radius 3 is 2.39 bits per heavy atom. The Morgan fingerprint density at radius 2 is 1.82 bits per heavy atom. The van der Waals surface area contributed by atoms with E-state index < -0.39 is 11.6 Å². The number of carbonyl (C=O) groups is 3. The molecule has 0 radical (unpaired) electrons. The van der Waals surface area contributed by atoms with Crippen LogP contribution in [-0.4, -0.2) is 40.6 Å². The molecule has 2 amide bonds. The van der Waals surface area contributed by atoms with Gasteiger partial charge < -0.3 is 20.1 Å². The molecule has 4 rings (SSSR count). The smallest absolute Gasteiger partial charge is 0.550 e. The number of nitrogens with zero attached hydrogens (tertiary/aromatic N) is 2. The number of aliphatic imine (C=N–C) groups is 1. The number of benzene rings is 2. The third-order valence-corrected chi connectivity index (χ3v) is 7.37. The summed E-state index contributed by atoms with van der Waals surface area (Å²) in [6, 6.07) is 11.7. The van der Waals surface area contributed by atoms with Gasteiger partial charge in [-0.3, -0.25) is 14.6 Å². The van der Waals surface area contributed by atoms with Gasteiger partial charge in [-0.2, -0.15) is 0 Å². The van der Waals surface area contributed by atoms with Gasteiger partial charge in [0, 0.05) is 40.1 Å². The van der Waals surface area contributed by atoms with Crippen molar-refractivity contribution in [3.63, 3.8) is 0 Å². The largest absolute Gasteiger partial charge is 1.00 e. The van der Waals surface area contributed by atoms with Gasteiger partial charge in [-0.1, -0.05) is 56.1 Å². The van der Waals surface area contributed by atoms with E-state index >= 15 is 0 Å². The van der Waals surface area contributed by atoms with Crippen molar-refractivity contribution in [1.29, 1.82) is 0 Å². The van der Waals surface area contributed by atoms with E-state index in [1.165, 1.54) is 0 Å². The van der Waals surface area contributed by atoms with Gasteiger partial charge in [-0.15, -0.1) is 0 Å². The van der Waals surface area contributed by atoms with Crippen LogP contribution in [0.5, 0.6) is 0 Å². The first-order chi connectivity index (χ1) is 17.1. The van der Waals surface area contributed by atoms with Crippen LogP contribution in [0.1, 0.15) is 80.9 Å². The summed E-state index contributed by atoms with van der Waals surface area (Å²) < 4.78 is 0. The number of hydrogen-bond acceptors (Lipinski definition) is 5. The van der Waals surface area contributed by atoms with E-state index in [1.807, 2.05) is 24.0 Å². The second kappa shape index (κ2) is 13.4. The number of amides is 2. The van der Waals surface area contributed by atoms with Crippen molar-refractivity contribution in [1.82, 2.24) is 10.2 Å². The van der Waals surface area contributed by atoms with Gasteiger partial charge in [0.25, 0.3) is 11.8 Å². The molecule has 7 nitrogen and oxygen atoms in total. The second-order valence-corrected chi connectivity index (χ2v) is 10.5. The van der Waals surface area contributed by atoms with E-state index in [1.54, 1.807) is 30.3 Å². The average molecular weight is 568 g/mol. The molecule has 2 aromatic carbocycles. The molecule has 198 valence electrons. The molecule has 2 aromatic rings. The molecule has 0 aromatic heterocycles. The molecule has 0 bridgehead atoms. The standard InChI is InChI=1S/C27H29Cl2N3O4.CH4.Na/c1-16-4-3-10-27(15-16)31-24(20-12-21(28)14-22(29)13-20)26(36)32(27)17(2)18-5-7-19(8-6-18)25(35)30-11-9-23(33)34;;/h5-8,12-14,16-17H,3-4,9-11,15H2,1-2H3,(H,30,35)(H,33,34);1H4;/q;;+1/p-1/t16?,17-,27?;;/m1../s1. The maximum Gasteiger partial charge on any atom is 1.00 e. The maximum atomic E-state index is 13.9. The van der Waals surface area contributed by atoms with Crippen molar-refractivity contribution < 1.29 is 49.0 Å². The molecule has 1 aliphatic heterocycles. The molecule has 0 saturated heterocycles. The minimum absolute atomic E-state index is 0. The summed E-state index contributed by atoms with van der Waals surface area (Å²) in [6.07, 6.45) is 3.34. The van der Waals surface area contributed by atoms with Gasteiger partial charge in [-0.05, 0) is 68.0 Å². The zero-order valence-electron chi connectivity index (χ0n) is 21.2. The van der Waals surface area contributed by atoms with Crippen molar-refractivity contribution in [3.05, 3.63) is 69.2 Å². The van der Waals surface area contributed by atoms with E-state index in [-0.39, 0.29) is 67.8 Å². The van der Waals surface area contributed by atoms with E-state index in [2.05, 4.69) is 12.2 Å². The van der Waals surface area contributed by atoms with Crippen LogP contribution < -0.4 is 40.0 Å². The van der Waals surface area contributed by atoms with E-state index in [0.29, 0.717) is 32.8 Å². The number of halogens is 2. The first-order valence-corrected chi connectivity index (χ1v) is 12.8. The molecular formula is C28H32Cl2N3NaO4. The summed E-state index contributed by atoms with van der Waals surface area (Å²) in [7, 11) is 0. The Labute approximate surface area is 256 Å². The predicted molar refractivity (Wildman–Crippen MR) is 144 cm³/mol. The third kappa shape index (κ3) is 6.99. The molecule has 1 N–H and O–H groups in total. The molecule has 1 heterocycles. The van der Waals surface area contributed by atoms with Crippen molar-refractivity contribution >= 4 is 46.7 Å². The van der Waals surface area contributed by atoms with Gasteiger partial charge in [0.1, 0.15) is 11.4 Å². The van der Waals surface area contributed by atoms with Crippen molar-refractivity contribution in [2.75, 3.05) is 6.54 Å². The molecule has 1 spiro atoms. The fourth-order valence-electron chi connectivity index (χ4n) is 5.29. The monoisotopic (exact) mass is 567 g/mol. The number of carbonyl (C=O) groups excluding carboxylic acids is 3. The van der Waals surface area contributed by atoms with Crippen molar-refractivity contribution in [2.45, 2.75) is 65.1 Å². The molecule has 1 fully saturated rings. The fourth-order valence-corrected chi connectivity index (χ4v) is 5.81. The number of rotatable bonds is 7. The minimum atomic E-state index is -1.22. The van der Waals surface area contributed by atoms with Crippen LogP contribution in [0.25, 0.3) is 0 Å². The van der Waals surface area contributed by atoms with Crippen LogP contribution in [0, 0.1) is 5.92 Å². The van der Waals surface area contributed by atoms with Crippen LogP contribution in [0.4, 0.5) is 0 Å². The first kappa shape index (κ1) is 32.3. The third-order valence-electron chi connectivity index (χ3n) is 6.93. The Hall–Kier alpha value is -1.90. The SMILES string of the molecule is C.CC1CCCC2(C1)N=C(c1cc(Cl)cc(Cl)c1)C(=O)N2[C@H](C)c1ccc(C(=O)NCCC(=O)[O-])cc1.[Na+]. The fraction of sp³-hybridized carbons (Fsp3) is 0.429. The Morgan fingerprint density at radius 1 is 1.18 bits per heavy atom. The number of carboxylic acids is 1. The second-order valence-electron chi connectivity index (χ2n) is 9.65. The van der Waals surface area contributed by atoms with Gasteiger partial charge in [0.15, 0.2) is 0 Å². The first-order valence-electron chi connectivity index (χ1n) is 12.1. The van der Waals surface area contributed by atoms with Crippen LogP contribution in [0.3, 0.4) is 0 Å². The van der Waals surface area contributed by atoms with Crippen LogP contribution in [-0.2, 0) is 9.59 Å². The topological polar surface area (TPSA) is 102 Å².